The summed E-state index contributed by atoms with van der Waals surface area (Å²) in [5.41, 5.74) is 2.52. The third kappa shape index (κ3) is 6.16. The number of carbonyl (C=O) groups is 1. The Bertz CT molecular complexity index is 492. The number of amides is 1. The van der Waals surface area contributed by atoms with Gasteiger partial charge in [-0.15, -0.1) is 0 Å². The number of carbonyl (C=O) groups excluding carboxylic acids is 1. The standard InChI is InChI=1S/C20H33N3O/c1-16(2)7-5-4-6-12-22-19-10-8-17(9-11-19)13-23-14-18(15-23)20(24)21-3/h8-11,16,18,22H,4-7,12-15H2,1-3H3,(H,21,24). The van der Waals surface area contributed by atoms with E-state index in [0.717, 1.165) is 32.1 Å². The van der Waals surface area contributed by atoms with Gasteiger partial charge in [0, 0.05) is 38.9 Å². The minimum Gasteiger partial charge on any atom is -0.385 e. The summed E-state index contributed by atoms with van der Waals surface area (Å²) in [6.07, 6.45) is 5.23. The average molecular weight is 332 g/mol. The highest BCUT2D eigenvalue weighted by molar-refractivity contribution is 5.79. The highest BCUT2D eigenvalue weighted by atomic mass is 16.1. The van der Waals surface area contributed by atoms with Gasteiger partial charge in [0.05, 0.1) is 5.92 Å². The smallest absolute Gasteiger partial charge is 0.225 e. The Hall–Kier alpha value is -1.55. The van der Waals surface area contributed by atoms with Crippen LogP contribution in [0.5, 0.6) is 0 Å². The second kappa shape index (κ2) is 9.67. The van der Waals surface area contributed by atoms with E-state index < -0.39 is 0 Å². The van der Waals surface area contributed by atoms with Gasteiger partial charge in [-0.1, -0.05) is 45.2 Å². The van der Waals surface area contributed by atoms with E-state index in [1.807, 2.05) is 0 Å². The lowest BCUT2D eigenvalue weighted by Crippen LogP contribution is -2.52. The number of hydrogen-bond donors (Lipinski definition) is 2. The molecule has 1 saturated heterocycles. The van der Waals surface area contributed by atoms with E-state index >= 15 is 0 Å². The summed E-state index contributed by atoms with van der Waals surface area (Å²) < 4.78 is 0. The van der Waals surface area contributed by atoms with E-state index in [0.29, 0.717) is 0 Å². The van der Waals surface area contributed by atoms with Gasteiger partial charge in [0.1, 0.15) is 0 Å². The van der Waals surface area contributed by atoms with Gasteiger partial charge in [0.15, 0.2) is 0 Å². The molecular formula is C20H33N3O. The number of likely N-dealkylation sites (tertiary alicyclic amines) is 1. The molecule has 1 aromatic rings. The summed E-state index contributed by atoms with van der Waals surface area (Å²) in [7, 11) is 1.71. The summed E-state index contributed by atoms with van der Waals surface area (Å²) >= 11 is 0. The molecule has 4 heteroatoms. The van der Waals surface area contributed by atoms with Crippen LogP contribution in [0.4, 0.5) is 5.69 Å². The van der Waals surface area contributed by atoms with Crippen molar-refractivity contribution in [3.8, 4) is 0 Å². The quantitative estimate of drug-likeness (QED) is 0.645. The molecule has 1 aromatic carbocycles. The van der Waals surface area contributed by atoms with Crippen LogP contribution >= 0.6 is 0 Å². The van der Waals surface area contributed by atoms with E-state index in [1.54, 1.807) is 7.05 Å². The number of rotatable bonds is 10. The Kier molecular flexibility index (Phi) is 7.57. The van der Waals surface area contributed by atoms with Crippen LogP contribution in [0.2, 0.25) is 0 Å². The Morgan fingerprint density at radius 2 is 1.88 bits per heavy atom. The number of hydrogen-bond acceptors (Lipinski definition) is 3. The zero-order chi connectivity index (χ0) is 17.4. The molecule has 0 unspecified atom stereocenters. The Morgan fingerprint density at radius 3 is 2.50 bits per heavy atom. The van der Waals surface area contributed by atoms with Crippen LogP contribution in [-0.2, 0) is 11.3 Å². The van der Waals surface area contributed by atoms with Gasteiger partial charge in [-0.2, -0.15) is 0 Å². The molecule has 0 bridgehead atoms. The van der Waals surface area contributed by atoms with Gasteiger partial charge in [0.25, 0.3) is 0 Å². The normalized spacial score (nSPS) is 15.3. The summed E-state index contributed by atoms with van der Waals surface area (Å²) in [4.78, 5) is 13.8. The molecule has 0 spiro atoms. The minimum absolute atomic E-state index is 0.166. The van der Waals surface area contributed by atoms with E-state index in [-0.39, 0.29) is 11.8 Å². The van der Waals surface area contributed by atoms with Gasteiger partial charge < -0.3 is 10.6 Å². The fourth-order valence-corrected chi connectivity index (χ4v) is 3.14. The van der Waals surface area contributed by atoms with Crippen LogP contribution in [0.15, 0.2) is 24.3 Å². The highest BCUT2D eigenvalue weighted by Crippen LogP contribution is 2.19. The summed E-state index contributed by atoms with van der Waals surface area (Å²) in [6, 6.07) is 8.71. The molecule has 0 radical (unpaired) electrons. The van der Waals surface area contributed by atoms with Crippen LogP contribution in [0.3, 0.4) is 0 Å². The molecule has 134 valence electrons. The molecule has 0 aliphatic carbocycles. The lowest BCUT2D eigenvalue weighted by Gasteiger charge is -2.38. The second-order valence-electron chi connectivity index (χ2n) is 7.37. The molecule has 2 N–H and O–H groups in total. The van der Waals surface area contributed by atoms with E-state index in [2.05, 4.69) is 53.6 Å². The second-order valence-corrected chi connectivity index (χ2v) is 7.37. The van der Waals surface area contributed by atoms with E-state index in [1.165, 1.54) is 36.9 Å². The van der Waals surface area contributed by atoms with Crippen molar-refractivity contribution in [3.05, 3.63) is 29.8 Å². The van der Waals surface area contributed by atoms with Crippen LogP contribution in [-0.4, -0.2) is 37.5 Å². The van der Waals surface area contributed by atoms with Crippen molar-refractivity contribution in [2.75, 3.05) is 32.0 Å². The zero-order valence-electron chi connectivity index (χ0n) is 15.5. The Balaban J connectivity index is 1.60. The van der Waals surface area contributed by atoms with Crippen molar-refractivity contribution in [1.82, 2.24) is 10.2 Å². The van der Waals surface area contributed by atoms with Crippen molar-refractivity contribution in [2.24, 2.45) is 11.8 Å². The molecule has 1 heterocycles. The number of nitrogens with zero attached hydrogens (tertiary/aromatic N) is 1. The predicted octanol–water partition coefficient (Wildman–Crippen LogP) is 3.49. The first-order valence-electron chi connectivity index (χ1n) is 9.35. The van der Waals surface area contributed by atoms with Crippen molar-refractivity contribution in [3.63, 3.8) is 0 Å². The first-order chi connectivity index (χ1) is 11.6. The van der Waals surface area contributed by atoms with Crippen LogP contribution < -0.4 is 10.6 Å². The molecular weight excluding hydrogens is 298 g/mol. The maximum atomic E-state index is 11.5. The van der Waals surface area contributed by atoms with Crippen molar-refractivity contribution >= 4 is 11.6 Å². The summed E-state index contributed by atoms with van der Waals surface area (Å²) in [5, 5.41) is 6.23. The van der Waals surface area contributed by atoms with E-state index in [9.17, 15) is 4.79 Å². The van der Waals surface area contributed by atoms with Gasteiger partial charge >= 0.3 is 0 Å². The first-order valence-corrected chi connectivity index (χ1v) is 9.35. The molecule has 24 heavy (non-hydrogen) atoms. The minimum atomic E-state index is 0.166. The molecule has 1 amide bonds. The van der Waals surface area contributed by atoms with Crippen molar-refractivity contribution < 1.29 is 4.79 Å². The lowest BCUT2D eigenvalue weighted by molar-refractivity contribution is -0.129. The maximum Gasteiger partial charge on any atom is 0.225 e. The first kappa shape index (κ1) is 18.8. The van der Waals surface area contributed by atoms with Crippen LogP contribution in [0.25, 0.3) is 0 Å². The largest absolute Gasteiger partial charge is 0.385 e. The van der Waals surface area contributed by atoms with E-state index in [4.69, 9.17) is 0 Å². The number of nitrogens with one attached hydrogen (secondary N) is 2. The molecule has 1 fully saturated rings. The molecule has 0 aromatic heterocycles. The number of benzene rings is 1. The van der Waals surface area contributed by atoms with Crippen LogP contribution in [0, 0.1) is 11.8 Å². The number of unbranched alkanes of at least 4 members (excludes halogenated alkanes) is 2. The molecule has 1 aliphatic rings. The molecule has 0 saturated carbocycles. The molecule has 0 atom stereocenters. The van der Waals surface area contributed by atoms with Gasteiger partial charge in [-0.25, -0.2) is 0 Å². The SMILES string of the molecule is CNC(=O)C1CN(Cc2ccc(NCCCCCC(C)C)cc2)C1. The maximum absolute atomic E-state index is 11.5. The van der Waals surface area contributed by atoms with Crippen molar-refractivity contribution in [2.45, 2.75) is 46.1 Å². The van der Waals surface area contributed by atoms with Gasteiger partial charge in [-0.05, 0) is 30.0 Å². The van der Waals surface area contributed by atoms with Crippen molar-refractivity contribution in [1.29, 1.82) is 0 Å². The zero-order valence-corrected chi connectivity index (χ0v) is 15.5. The third-order valence-corrected chi connectivity index (χ3v) is 4.72. The van der Waals surface area contributed by atoms with Gasteiger partial charge in [0.2, 0.25) is 5.91 Å². The molecule has 2 rings (SSSR count). The summed E-state index contributed by atoms with van der Waals surface area (Å²) in [6.45, 7) is 8.31. The molecule has 1 aliphatic heterocycles. The Labute approximate surface area is 147 Å². The highest BCUT2D eigenvalue weighted by Gasteiger charge is 2.31. The lowest BCUT2D eigenvalue weighted by atomic mass is 9.98. The summed E-state index contributed by atoms with van der Waals surface area (Å²) in [5.74, 6) is 1.16. The van der Waals surface area contributed by atoms with Crippen LogP contribution in [0.1, 0.15) is 45.1 Å². The predicted molar refractivity (Wildman–Crippen MR) is 101 cm³/mol. The van der Waals surface area contributed by atoms with Gasteiger partial charge in [-0.3, -0.25) is 9.69 Å². The fraction of sp³-hybridized carbons (Fsp3) is 0.650. The third-order valence-electron chi connectivity index (χ3n) is 4.72. The topological polar surface area (TPSA) is 44.4 Å². The monoisotopic (exact) mass is 331 g/mol. The Morgan fingerprint density at radius 1 is 1.17 bits per heavy atom. The molecule has 4 nitrogen and oxygen atoms in total. The average Bonchev–Trinajstić information content (AvgIpc) is 2.54. The number of anilines is 1. The fourth-order valence-electron chi connectivity index (χ4n) is 3.14.